The number of halogens is 1. The molecule has 3 aromatic carbocycles. The number of ether oxygens (including phenoxy) is 5. The topological polar surface area (TPSA) is 93.2 Å². The van der Waals surface area contributed by atoms with Gasteiger partial charge in [-0.3, -0.25) is 4.98 Å². The zero-order valence-corrected chi connectivity index (χ0v) is 23.1. The lowest BCUT2D eigenvalue weighted by Gasteiger charge is -2.15. The van der Waals surface area contributed by atoms with Crippen LogP contribution in [0.5, 0.6) is 23.0 Å². The SMILES string of the molecule is COC(=O)/C(=C\c1ccc(OC(=O)c2ccc(OC)c(OC)c2OC)cc1)Sc1ccnc2cc(Cl)ccc12. The fraction of sp³-hybridized carbons (Fsp3) is 0.138. The van der Waals surface area contributed by atoms with Crippen molar-refractivity contribution in [3.05, 3.63) is 87.9 Å². The number of carbonyl (C=O) groups is 2. The zero-order valence-electron chi connectivity index (χ0n) is 21.5. The van der Waals surface area contributed by atoms with Gasteiger partial charge in [0.05, 0.1) is 38.9 Å². The summed E-state index contributed by atoms with van der Waals surface area (Å²) in [6, 6.07) is 17.1. The van der Waals surface area contributed by atoms with Crippen molar-refractivity contribution in [2.45, 2.75) is 4.90 Å². The first-order valence-corrected chi connectivity index (χ1v) is 12.7. The Balaban J connectivity index is 1.57. The molecule has 0 saturated heterocycles. The van der Waals surface area contributed by atoms with E-state index in [9.17, 15) is 9.59 Å². The molecule has 0 bridgehead atoms. The van der Waals surface area contributed by atoms with E-state index in [-0.39, 0.29) is 17.1 Å². The zero-order chi connectivity index (χ0) is 27.9. The number of pyridine rings is 1. The number of rotatable bonds is 9. The van der Waals surface area contributed by atoms with E-state index in [1.54, 1.807) is 54.7 Å². The minimum Gasteiger partial charge on any atom is -0.493 e. The van der Waals surface area contributed by atoms with Crippen LogP contribution >= 0.6 is 23.4 Å². The second-order valence-electron chi connectivity index (χ2n) is 7.91. The monoisotopic (exact) mass is 565 g/mol. The second-order valence-corrected chi connectivity index (χ2v) is 9.43. The lowest BCUT2D eigenvalue weighted by molar-refractivity contribution is -0.135. The Labute approximate surface area is 234 Å². The normalized spacial score (nSPS) is 11.2. The molecule has 8 nitrogen and oxygen atoms in total. The smallest absolute Gasteiger partial charge is 0.347 e. The summed E-state index contributed by atoms with van der Waals surface area (Å²) >= 11 is 7.35. The number of aromatic nitrogens is 1. The first-order chi connectivity index (χ1) is 18.9. The first kappa shape index (κ1) is 27.8. The maximum Gasteiger partial charge on any atom is 0.347 e. The molecule has 0 amide bonds. The molecule has 0 saturated carbocycles. The van der Waals surface area contributed by atoms with Crippen LogP contribution in [0, 0.1) is 0 Å². The molecule has 0 radical (unpaired) electrons. The van der Waals surface area contributed by atoms with Gasteiger partial charge in [0.1, 0.15) is 11.3 Å². The second kappa shape index (κ2) is 12.6. The molecule has 4 rings (SSSR count). The van der Waals surface area contributed by atoms with Gasteiger partial charge in [-0.15, -0.1) is 0 Å². The Morgan fingerprint density at radius 2 is 1.62 bits per heavy atom. The van der Waals surface area contributed by atoms with E-state index in [1.807, 2.05) is 12.1 Å². The van der Waals surface area contributed by atoms with E-state index in [0.717, 1.165) is 10.3 Å². The lowest BCUT2D eigenvalue weighted by atomic mass is 10.1. The predicted molar refractivity (Wildman–Crippen MR) is 150 cm³/mol. The standard InChI is InChI=1S/C29H24ClNO7S/c1-34-23-12-11-21(26(35-2)27(23)36-3)28(32)38-19-8-5-17(6-9-19)15-25(29(33)37-4)39-24-13-14-31-22-16-18(30)7-10-20(22)24/h5-16H,1-4H3/b25-15+. The number of benzene rings is 3. The molecule has 200 valence electrons. The van der Waals surface area contributed by atoms with Crippen LogP contribution < -0.4 is 18.9 Å². The Morgan fingerprint density at radius 3 is 2.28 bits per heavy atom. The average molecular weight is 566 g/mol. The Kier molecular flexibility index (Phi) is 8.96. The van der Waals surface area contributed by atoms with Gasteiger partial charge >= 0.3 is 11.9 Å². The number of nitrogens with zero attached hydrogens (tertiary/aromatic N) is 1. The molecule has 1 heterocycles. The van der Waals surface area contributed by atoms with E-state index in [0.29, 0.717) is 32.5 Å². The molecule has 0 fully saturated rings. The molecule has 1 aromatic heterocycles. The first-order valence-electron chi connectivity index (χ1n) is 11.5. The quantitative estimate of drug-likeness (QED) is 0.0983. The van der Waals surface area contributed by atoms with Gasteiger partial charge in [-0.25, -0.2) is 9.59 Å². The third-order valence-electron chi connectivity index (χ3n) is 5.58. The van der Waals surface area contributed by atoms with Crippen LogP contribution in [0.3, 0.4) is 0 Å². The minimum atomic E-state index is -0.633. The Hall–Kier alpha value is -4.21. The van der Waals surface area contributed by atoms with Crippen LogP contribution in [0.1, 0.15) is 15.9 Å². The van der Waals surface area contributed by atoms with Gasteiger partial charge in [-0.05, 0) is 54.1 Å². The molecular weight excluding hydrogens is 542 g/mol. The molecule has 0 aliphatic heterocycles. The van der Waals surface area contributed by atoms with Gasteiger partial charge in [-0.1, -0.05) is 41.6 Å². The third kappa shape index (κ3) is 6.27. The highest BCUT2D eigenvalue weighted by Crippen LogP contribution is 2.40. The van der Waals surface area contributed by atoms with Crippen molar-refractivity contribution >= 4 is 52.3 Å². The van der Waals surface area contributed by atoms with E-state index in [1.165, 1.54) is 46.3 Å². The Morgan fingerprint density at radius 1 is 0.872 bits per heavy atom. The van der Waals surface area contributed by atoms with Crippen molar-refractivity contribution in [2.24, 2.45) is 0 Å². The number of fused-ring (bicyclic) bond motifs is 1. The van der Waals surface area contributed by atoms with Crippen molar-refractivity contribution in [1.29, 1.82) is 0 Å². The predicted octanol–water partition coefficient (Wildman–Crippen LogP) is 6.44. The molecule has 0 aliphatic carbocycles. The highest BCUT2D eigenvalue weighted by Gasteiger charge is 2.22. The van der Waals surface area contributed by atoms with E-state index >= 15 is 0 Å². The number of methoxy groups -OCH3 is 4. The largest absolute Gasteiger partial charge is 0.493 e. The van der Waals surface area contributed by atoms with Crippen molar-refractivity contribution in [1.82, 2.24) is 4.98 Å². The maximum atomic E-state index is 12.9. The number of carbonyl (C=O) groups excluding carboxylic acids is 2. The average Bonchev–Trinajstić information content (AvgIpc) is 2.96. The van der Waals surface area contributed by atoms with Gasteiger partial charge in [0.2, 0.25) is 5.75 Å². The molecule has 0 N–H and O–H groups in total. The number of hydrogen-bond donors (Lipinski definition) is 0. The van der Waals surface area contributed by atoms with Crippen LogP contribution in [0.2, 0.25) is 5.02 Å². The minimum absolute atomic E-state index is 0.175. The van der Waals surface area contributed by atoms with Gasteiger partial charge in [0.25, 0.3) is 0 Å². The van der Waals surface area contributed by atoms with E-state index < -0.39 is 11.9 Å². The summed E-state index contributed by atoms with van der Waals surface area (Å²) in [6.07, 6.45) is 3.36. The van der Waals surface area contributed by atoms with E-state index in [4.69, 9.17) is 35.3 Å². The number of hydrogen-bond acceptors (Lipinski definition) is 9. The highest BCUT2D eigenvalue weighted by molar-refractivity contribution is 8.04. The van der Waals surface area contributed by atoms with Crippen molar-refractivity contribution in [2.75, 3.05) is 28.4 Å². The highest BCUT2D eigenvalue weighted by atomic mass is 35.5. The van der Waals surface area contributed by atoms with Crippen LogP contribution in [0.25, 0.3) is 17.0 Å². The number of esters is 2. The summed E-state index contributed by atoms with van der Waals surface area (Å²) in [5.41, 5.74) is 1.59. The molecule has 4 aromatic rings. The molecular formula is C29H24ClNO7S. The van der Waals surface area contributed by atoms with Gasteiger partial charge in [0.15, 0.2) is 11.5 Å². The van der Waals surface area contributed by atoms with E-state index in [2.05, 4.69) is 4.98 Å². The molecule has 0 spiro atoms. The molecule has 39 heavy (non-hydrogen) atoms. The summed E-state index contributed by atoms with van der Waals surface area (Å²) in [5, 5.41) is 1.43. The summed E-state index contributed by atoms with van der Waals surface area (Å²) < 4.78 is 26.5. The third-order valence-corrected chi connectivity index (χ3v) is 6.90. The van der Waals surface area contributed by atoms with Crippen LogP contribution in [0.15, 0.2) is 76.7 Å². The van der Waals surface area contributed by atoms with Crippen molar-refractivity contribution in [3.8, 4) is 23.0 Å². The lowest BCUT2D eigenvalue weighted by Crippen LogP contribution is -2.11. The van der Waals surface area contributed by atoms with Gasteiger partial charge in [0, 0.05) is 21.5 Å². The van der Waals surface area contributed by atoms with Crippen LogP contribution in [-0.4, -0.2) is 45.4 Å². The maximum absolute atomic E-state index is 12.9. The fourth-order valence-electron chi connectivity index (χ4n) is 3.74. The summed E-state index contributed by atoms with van der Waals surface area (Å²) in [6.45, 7) is 0. The van der Waals surface area contributed by atoms with Gasteiger partial charge in [-0.2, -0.15) is 0 Å². The molecule has 0 atom stereocenters. The molecule has 0 aliphatic rings. The summed E-state index contributed by atoms with van der Waals surface area (Å²) in [7, 11) is 5.70. The van der Waals surface area contributed by atoms with Crippen LogP contribution in [0.4, 0.5) is 0 Å². The summed E-state index contributed by atoms with van der Waals surface area (Å²) in [4.78, 5) is 31.0. The Bertz CT molecular complexity index is 1550. The van der Waals surface area contributed by atoms with Crippen molar-refractivity contribution in [3.63, 3.8) is 0 Å². The van der Waals surface area contributed by atoms with Gasteiger partial charge < -0.3 is 23.7 Å². The summed E-state index contributed by atoms with van der Waals surface area (Å²) in [5.74, 6) is 0.0876. The van der Waals surface area contributed by atoms with Crippen LogP contribution in [-0.2, 0) is 9.53 Å². The fourth-order valence-corrected chi connectivity index (χ4v) is 4.92. The number of thioether (sulfide) groups is 1. The molecule has 10 heteroatoms. The molecule has 0 unspecified atom stereocenters. The van der Waals surface area contributed by atoms with Crippen molar-refractivity contribution < 1.29 is 33.3 Å².